The molecule has 0 aliphatic rings. The van der Waals surface area contributed by atoms with E-state index in [0.717, 1.165) is 0 Å². The highest BCUT2D eigenvalue weighted by Gasteiger charge is 2.05. The molecular formula is C14H11FN2O3. The fraction of sp³-hybridized carbons (Fsp3) is 0. The second-order valence-corrected chi connectivity index (χ2v) is 3.92. The quantitative estimate of drug-likeness (QED) is 0.455. The van der Waals surface area contributed by atoms with Crippen molar-refractivity contribution in [1.29, 1.82) is 0 Å². The number of hydrazone groups is 1. The number of nitrogens with zero attached hydrogens (tertiary/aromatic N) is 1. The molecule has 6 heteroatoms. The van der Waals surface area contributed by atoms with Crippen molar-refractivity contribution in [1.82, 2.24) is 5.43 Å². The molecule has 3 N–H and O–H groups in total. The molecule has 1 amide bonds. The molecule has 0 bridgehead atoms. The van der Waals surface area contributed by atoms with Crippen LogP contribution in [0, 0.1) is 5.82 Å². The number of aromatic hydroxyl groups is 2. The van der Waals surface area contributed by atoms with E-state index in [1.807, 2.05) is 0 Å². The number of rotatable bonds is 3. The average Bonchev–Trinajstić information content (AvgIpc) is 2.44. The van der Waals surface area contributed by atoms with Gasteiger partial charge < -0.3 is 10.2 Å². The summed E-state index contributed by atoms with van der Waals surface area (Å²) in [6, 6.07) is 9.35. The molecule has 0 aromatic heterocycles. The van der Waals surface area contributed by atoms with Crippen LogP contribution in [0.5, 0.6) is 11.5 Å². The summed E-state index contributed by atoms with van der Waals surface area (Å²) < 4.78 is 12.7. The molecule has 2 aromatic rings. The van der Waals surface area contributed by atoms with Gasteiger partial charge in [0.1, 0.15) is 5.82 Å². The molecule has 0 radical (unpaired) electrons. The Labute approximate surface area is 114 Å². The van der Waals surface area contributed by atoms with Gasteiger partial charge in [-0.1, -0.05) is 6.07 Å². The van der Waals surface area contributed by atoms with Crippen molar-refractivity contribution in [2.45, 2.75) is 0 Å². The smallest absolute Gasteiger partial charge is 0.271 e. The highest BCUT2D eigenvalue weighted by molar-refractivity contribution is 5.95. The second kappa shape index (κ2) is 5.83. The Kier molecular flexibility index (Phi) is 3.95. The predicted molar refractivity (Wildman–Crippen MR) is 71.2 cm³/mol. The summed E-state index contributed by atoms with van der Waals surface area (Å²) in [5.74, 6) is -1.55. The number of benzene rings is 2. The normalized spacial score (nSPS) is 10.7. The van der Waals surface area contributed by atoms with E-state index in [1.165, 1.54) is 48.7 Å². The van der Waals surface area contributed by atoms with Crippen LogP contribution in [0.2, 0.25) is 0 Å². The van der Waals surface area contributed by atoms with Crippen LogP contribution >= 0.6 is 0 Å². The maximum absolute atomic E-state index is 12.7. The first-order valence-electron chi connectivity index (χ1n) is 5.68. The molecule has 5 nitrogen and oxygen atoms in total. The molecule has 102 valence electrons. The average molecular weight is 274 g/mol. The molecule has 0 aliphatic heterocycles. The van der Waals surface area contributed by atoms with E-state index < -0.39 is 11.7 Å². The monoisotopic (exact) mass is 274 g/mol. The minimum atomic E-state index is -0.513. The lowest BCUT2D eigenvalue weighted by Gasteiger charge is -2.01. The molecule has 0 fully saturated rings. The summed E-state index contributed by atoms with van der Waals surface area (Å²) in [5.41, 5.74) is 2.74. The standard InChI is InChI=1S/C14H11FN2O3/c15-11-6-4-9(5-7-11)14(20)17-16-8-10-2-1-3-12(18)13(10)19/h1-8,18-19H,(H,17,20)/b16-8+. The Hall–Kier alpha value is -2.89. The van der Waals surface area contributed by atoms with Gasteiger partial charge in [0.2, 0.25) is 0 Å². The molecule has 0 unspecified atom stereocenters. The zero-order chi connectivity index (χ0) is 14.5. The van der Waals surface area contributed by atoms with Crippen LogP contribution < -0.4 is 5.43 Å². The number of para-hydroxylation sites is 1. The summed E-state index contributed by atoms with van der Waals surface area (Å²) in [7, 11) is 0. The topological polar surface area (TPSA) is 81.9 Å². The zero-order valence-electron chi connectivity index (χ0n) is 10.2. The Morgan fingerprint density at radius 1 is 1.15 bits per heavy atom. The molecule has 0 saturated heterocycles. The van der Waals surface area contributed by atoms with Gasteiger partial charge in [-0.2, -0.15) is 5.10 Å². The lowest BCUT2D eigenvalue weighted by Crippen LogP contribution is -2.17. The molecule has 0 saturated carbocycles. The minimum Gasteiger partial charge on any atom is -0.504 e. The van der Waals surface area contributed by atoms with Crippen LogP contribution in [-0.4, -0.2) is 22.3 Å². The van der Waals surface area contributed by atoms with Gasteiger partial charge in [-0.15, -0.1) is 0 Å². The fourth-order valence-corrected chi connectivity index (χ4v) is 1.48. The number of carbonyl (C=O) groups is 1. The molecule has 0 aliphatic carbocycles. The van der Waals surface area contributed by atoms with Crippen LogP contribution in [0.3, 0.4) is 0 Å². The maximum atomic E-state index is 12.7. The van der Waals surface area contributed by atoms with Gasteiger partial charge in [0.15, 0.2) is 11.5 Å². The van der Waals surface area contributed by atoms with Crippen molar-refractivity contribution in [3.63, 3.8) is 0 Å². The van der Waals surface area contributed by atoms with Crippen LogP contribution in [0.15, 0.2) is 47.6 Å². The number of amides is 1. The summed E-state index contributed by atoms with van der Waals surface area (Å²) in [5, 5.41) is 22.4. The summed E-state index contributed by atoms with van der Waals surface area (Å²) in [6.45, 7) is 0. The predicted octanol–water partition coefficient (Wildman–Crippen LogP) is 2.00. The van der Waals surface area contributed by atoms with Gasteiger partial charge in [-0.05, 0) is 36.4 Å². The number of phenols is 2. The number of hydrogen-bond donors (Lipinski definition) is 3. The van der Waals surface area contributed by atoms with Crippen LogP contribution in [0.4, 0.5) is 4.39 Å². The number of hydrogen-bond acceptors (Lipinski definition) is 4. The number of nitrogens with one attached hydrogen (secondary N) is 1. The molecule has 2 rings (SSSR count). The molecular weight excluding hydrogens is 263 g/mol. The third-order valence-corrected chi connectivity index (χ3v) is 2.52. The zero-order valence-corrected chi connectivity index (χ0v) is 10.2. The molecule has 20 heavy (non-hydrogen) atoms. The third-order valence-electron chi connectivity index (χ3n) is 2.52. The Balaban J connectivity index is 2.04. The first kappa shape index (κ1) is 13.5. The minimum absolute atomic E-state index is 0.253. The first-order valence-corrected chi connectivity index (χ1v) is 5.68. The van der Waals surface area contributed by atoms with E-state index in [1.54, 1.807) is 0 Å². The van der Waals surface area contributed by atoms with E-state index in [9.17, 15) is 19.4 Å². The maximum Gasteiger partial charge on any atom is 0.271 e. The Morgan fingerprint density at radius 3 is 2.55 bits per heavy atom. The Morgan fingerprint density at radius 2 is 1.85 bits per heavy atom. The van der Waals surface area contributed by atoms with Crippen molar-refractivity contribution in [2.75, 3.05) is 0 Å². The van der Waals surface area contributed by atoms with Crippen molar-refractivity contribution in [3.05, 3.63) is 59.4 Å². The summed E-state index contributed by atoms with van der Waals surface area (Å²) >= 11 is 0. The van der Waals surface area contributed by atoms with Crippen molar-refractivity contribution >= 4 is 12.1 Å². The van der Waals surface area contributed by atoms with Gasteiger partial charge in [-0.3, -0.25) is 4.79 Å². The third kappa shape index (κ3) is 3.11. The van der Waals surface area contributed by atoms with Crippen LogP contribution in [0.1, 0.15) is 15.9 Å². The summed E-state index contributed by atoms with van der Waals surface area (Å²) in [6.07, 6.45) is 1.19. The van der Waals surface area contributed by atoms with Crippen molar-refractivity contribution in [2.24, 2.45) is 5.10 Å². The molecule has 0 atom stereocenters. The highest BCUT2D eigenvalue weighted by Crippen LogP contribution is 2.26. The highest BCUT2D eigenvalue weighted by atomic mass is 19.1. The lowest BCUT2D eigenvalue weighted by molar-refractivity contribution is 0.0955. The van der Waals surface area contributed by atoms with E-state index in [-0.39, 0.29) is 22.6 Å². The van der Waals surface area contributed by atoms with E-state index in [4.69, 9.17) is 0 Å². The number of phenolic OH excluding ortho intramolecular Hbond substituents is 2. The summed E-state index contributed by atoms with van der Waals surface area (Å²) in [4.78, 5) is 11.6. The van der Waals surface area contributed by atoms with E-state index in [2.05, 4.69) is 10.5 Å². The van der Waals surface area contributed by atoms with Crippen LogP contribution in [0.25, 0.3) is 0 Å². The second-order valence-electron chi connectivity index (χ2n) is 3.92. The van der Waals surface area contributed by atoms with Gasteiger partial charge >= 0.3 is 0 Å². The largest absolute Gasteiger partial charge is 0.504 e. The van der Waals surface area contributed by atoms with Gasteiger partial charge in [0.05, 0.1) is 6.21 Å². The van der Waals surface area contributed by atoms with Crippen LogP contribution in [-0.2, 0) is 0 Å². The van der Waals surface area contributed by atoms with Crippen molar-refractivity contribution in [3.8, 4) is 11.5 Å². The van der Waals surface area contributed by atoms with Gasteiger partial charge in [0, 0.05) is 11.1 Å². The molecule has 2 aromatic carbocycles. The molecule has 0 spiro atoms. The fourth-order valence-electron chi connectivity index (χ4n) is 1.48. The van der Waals surface area contributed by atoms with Gasteiger partial charge in [0.25, 0.3) is 5.91 Å². The van der Waals surface area contributed by atoms with Gasteiger partial charge in [-0.25, -0.2) is 9.82 Å². The Bertz CT molecular complexity index is 654. The number of carbonyl (C=O) groups excluding carboxylic acids is 1. The SMILES string of the molecule is O=C(N/N=C/c1cccc(O)c1O)c1ccc(F)cc1. The van der Waals surface area contributed by atoms with E-state index >= 15 is 0 Å². The van der Waals surface area contributed by atoms with Crippen molar-refractivity contribution < 1.29 is 19.4 Å². The lowest BCUT2D eigenvalue weighted by atomic mass is 10.2. The number of halogens is 1. The molecule has 0 heterocycles. The first-order chi connectivity index (χ1) is 9.58. The van der Waals surface area contributed by atoms with E-state index in [0.29, 0.717) is 0 Å².